The molecule has 0 saturated heterocycles. The summed E-state index contributed by atoms with van der Waals surface area (Å²) >= 11 is 1.49. The number of nitrogens with zero attached hydrogens (tertiary/aromatic N) is 3. The molecule has 0 fully saturated rings. The Morgan fingerprint density at radius 3 is 2.76 bits per heavy atom. The van der Waals surface area contributed by atoms with Gasteiger partial charge in [-0.25, -0.2) is 4.98 Å². The maximum absolute atomic E-state index is 13.4. The van der Waals surface area contributed by atoms with Crippen LogP contribution >= 0.6 is 11.3 Å². The van der Waals surface area contributed by atoms with Crippen LogP contribution in [0, 0.1) is 6.92 Å². The van der Waals surface area contributed by atoms with Crippen molar-refractivity contribution in [1.29, 1.82) is 0 Å². The van der Waals surface area contributed by atoms with Gasteiger partial charge in [-0.05, 0) is 49.7 Å². The fourth-order valence-corrected chi connectivity index (χ4v) is 4.11. The minimum absolute atomic E-state index is 0.0884. The van der Waals surface area contributed by atoms with Crippen molar-refractivity contribution < 1.29 is 9.53 Å². The molecule has 4 aromatic rings. The molecule has 0 bridgehead atoms. The minimum Gasteiger partial charge on any atom is -0.492 e. The van der Waals surface area contributed by atoms with Gasteiger partial charge in [-0.2, -0.15) is 0 Å². The lowest BCUT2D eigenvalue weighted by Crippen LogP contribution is -2.30. The van der Waals surface area contributed by atoms with Crippen molar-refractivity contribution in [2.45, 2.75) is 20.4 Å². The number of aryl methyl sites for hydroxylation is 1. The summed E-state index contributed by atoms with van der Waals surface area (Å²) in [7, 11) is 0. The monoisotopic (exact) mass is 403 g/mol. The number of rotatable bonds is 6. The van der Waals surface area contributed by atoms with E-state index in [4.69, 9.17) is 9.72 Å². The Bertz CT molecular complexity index is 1140. The van der Waals surface area contributed by atoms with E-state index in [2.05, 4.69) is 4.98 Å². The van der Waals surface area contributed by atoms with E-state index < -0.39 is 0 Å². The van der Waals surface area contributed by atoms with Gasteiger partial charge < -0.3 is 4.74 Å². The molecule has 0 saturated carbocycles. The normalized spacial score (nSPS) is 10.8. The highest BCUT2D eigenvalue weighted by Crippen LogP contribution is 2.35. The molecule has 0 unspecified atom stereocenters. The summed E-state index contributed by atoms with van der Waals surface area (Å²) in [6.45, 7) is 4.88. The van der Waals surface area contributed by atoms with Gasteiger partial charge in [0.25, 0.3) is 5.91 Å². The zero-order valence-electron chi connectivity index (χ0n) is 16.3. The standard InChI is InChI=1S/C23H21N3O2S/c1-3-28-19-10-5-11-20-21(19)25-23(29-20)26(15-17-8-6-12-24-14-17)22(27)18-9-4-7-16(2)13-18/h4-14H,3,15H2,1-2H3. The summed E-state index contributed by atoms with van der Waals surface area (Å²) in [5.41, 5.74) is 3.40. The van der Waals surface area contributed by atoms with Gasteiger partial charge in [-0.3, -0.25) is 14.7 Å². The highest BCUT2D eigenvalue weighted by molar-refractivity contribution is 7.22. The van der Waals surface area contributed by atoms with Gasteiger partial charge in [0.15, 0.2) is 5.13 Å². The van der Waals surface area contributed by atoms with E-state index >= 15 is 0 Å². The number of amides is 1. The van der Waals surface area contributed by atoms with Gasteiger partial charge >= 0.3 is 0 Å². The lowest BCUT2D eigenvalue weighted by Gasteiger charge is -2.20. The molecular weight excluding hydrogens is 382 g/mol. The van der Waals surface area contributed by atoms with Crippen molar-refractivity contribution in [1.82, 2.24) is 9.97 Å². The second kappa shape index (κ2) is 8.41. The average molecular weight is 404 g/mol. The summed E-state index contributed by atoms with van der Waals surface area (Å²) < 4.78 is 6.71. The van der Waals surface area contributed by atoms with Crippen molar-refractivity contribution in [3.8, 4) is 5.75 Å². The molecular formula is C23H21N3O2S. The lowest BCUT2D eigenvalue weighted by atomic mass is 10.1. The fraction of sp³-hybridized carbons (Fsp3) is 0.174. The van der Waals surface area contributed by atoms with Crippen LogP contribution in [0.1, 0.15) is 28.4 Å². The number of hydrogen-bond acceptors (Lipinski definition) is 5. The minimum atomic E-state index is -0.0884. The van der Waals surface area contributed by atoms with E-state index in [1.165, 1.54) is 11.3 Å². The van der Waals surface area contributed by atoms with Gasteiger partial charge in [-0.15, -0.1) is 0 Å². The van der Waals surface area contributed by atoms with E-state index in [1.54, 1.807) is 17.3 Å². The molecule has 2 aromatic carbocycles. The molecule has 5 nitrogen and oxygen atoms in total. The summed E-state index contributed by atoms with van der Waals surface area (Å²) in [4.78, 5) is 24.1. The van der Waals surface area contributed by atoms with E-state index in [0.717, 1.165) is 27.1 Å². The van der Waals surface area contributed by atoms with Crippen LogP contribution in [0.3, 0.4) is 0 Å². The topological polar surface area (TPSA) is 55.3 Å². The SMILES string of the molecule is CCOc1cccc2sc(N(Cc3cccnc3)C(=O)c3cccc(C)c3)nc12. The molecule has 29 heavy (non-hydrogen) atoms. The number of thiazole rings is 1. The molecule has 0 atom stereocenters. The Balaban J connectivity index is 1.78. The van der Waals surface area contributed by atoms with Crippen LogP contribution in [0.15, 0.2) is 67.0 Å². The van der Waals surface area contributed by atoms with E-state index in [-0.39, 0.29) is 5.91 Å². The third-order valence-electron chi connectivity index (χ3n) is 4.48. The molecule has 0 radical (unpaired) electrons. The number of carbonyl (C=O) groups excluding carboxylic acids is 1. The summed E-state index contributed by atoms with van der Waals surface area (Å²) in [5.74, 6) is 0.645. The fourth-order valence-electron chi connectivity index (χ4n) is 3.13. The number of aromatic nitrogens is 2. The number of pyridine rings is 1. The van der Waals surface area contributed by atoms with E-state index in [0.29, 0.717) is 23.8 Å². The lowest BCUT2D eigenvalue weighted by molar-refractivity contribution is 0.0985. The number of anilines is 1. The van der Waals surface area contributed by atoms with Crippen molar-refractivity contribution in [2.75, 3.05) is 11.5 Å². The molecule has 0 aliphatic carbocycles. The first-order valence-electron chi connectivity index (χ1n) is 9.45. The van der Waals surface area contributed by atoms with Crippen molar-refractivity contribution in [3.05, 3.63) is 83.7 Å². The van der Waals surface area contributed by atoms with Gasteiger partial charge in [0.2, 0.25) is 0 Å². The van der Waals surface area contributed by atoms with Crippen molar-refractivity contribution >= 4 is 32.6 Å². The highest BCUT2D eigenvalue weighted by atomic mass is 32.1. The van der Waals surface area contributed by atoms with Crippen LogP contribution in [0.5, 0.6) is 5.75 Å². The summed E-state index contributed by atoms with van der Waals surface area (Å²) in [6.07, 6.45) is 3.50. The maximum Gasteiger partial charge on any atom is 0.260 e. The van der Waals surface area contributed by atoms with Gasteiger partial charge in [-0.1, -0.05) is 41.2 Å². The quantitative estimate of drug-likeness (QED) is 0.441. The van der Waals surface area contributed by atoms with Gasteiger partial charge in [0.1, 0.15) is 11.3 Å². The third-order valence-corrected chi connectivity index (χ3v) is 5.52. The van der Waals surface area contributed by atoms with Crippen LogP contribution in [0.25, 0.3) is 10.2 Å². The van der Waals surface area contributed by atoms with Crippen LogP contribution in [0.4, 0.5) is 5.13 Å². The average Bonchev–Trinajstić information content (AvgIpc) is 3.17. The first-order valence-corrected chi connectivity index (χ1v) is 10.3. The van der Waals surface area contributed by atoms with E-state index in [1.807, 2.05) is 68.4 Å². The smallest absolute Gasteiger partial charge is 0.260 e. The number of para-hydroxylation sites is 1. The second-order valence-electron chi connectivity index (χ2n) is 6.65. The van der Waals surface area contributed by atoms with Crippen LogP contribution in [0.2, 0.25) is 0 Å². The first kappa shape index (κ1) is 19.1. The predicted molar refractivity (Wildman–Crippen MR) is 117 cm³/mol. The Kier molecular flexibility index (Phi) is 5.53. The summed E-state index contributed by atoms with van der Waals surface area (Å²) in [5, 5.41) is 0.641. The molecule has 2 aromatic heterocycles. The maximum atomic E-state index is 13.4. The number of carbonyl (C=O) groups is 1. The molecule has 0 aliphatic heterocycles. The molecule has 146 valence electrons. The second-order valence-corrected chi connectivity index (χ2v) is 7.66. The highest BCUT2D eigenvalue weighted by Gasteiger charge is 2.23. The van der Waals surface area contributed by atoms with Crippen LogP contribution < -0.4 is 9.64 Å². The Labute approximate surface area is 173 Å². The number of ether oxygens (including phenoxy) is 1. The van der Waals surface area contributed by atoms with Crippen LogP contribution in [-0.4, -0.2) is 22.5 Å². The Hall–Kier alpha value is -3.25. The number of benzene rings is 2. The van der Waals surface area contributed by atoms with Gasteiger partial charge in [0, 0.05) is 18.0 Å². The molecule has 0 spiro atoms. The Morgan fingerprint density at radius 2 is 2.00 bits per heavy atom. The van der Waals surface area contributed by atoms with Crippen molar-refractivity contribution in [2.24, 2.45) is 0 Å². The van der Waals surface area contributed by atoms with E-state index in [9.17, 15) is 4.79 Å². The molecule has 4 rings (SSSR count). The molecule has 0 aliphatic rings. The Morgan fingerprint density at radius 1 is 1.14 bits per heavy atom. The first-order chi connectivity index (χ1) is 14.2. The van der Waals surface area contributed by atoms with Crippen LogP contribution in [-0.2, 0) is 6.54 Å². The third kappa shape index (κ3) is 4.12. The largest absolute Gasteiger partial charge is 0.492 e. The molecule has 1 amide bonds. The molecule has 0 N–H and O–H groups in total. The summed E-state index contributed by atoms with van der Waals surface area (Å²) in [6, 6.07) is 17.3. The van der Waals surface area contributed by atoms with Crippen molar-refractivity contribution in [3.63, 3.8) is 0 Å². The molecule has 6 heteroatoms. The molecule has 2 heterocycles. The zero-order chi connectivity index (χ0) is 20.2. The van der Waals surface area contributed by atoms with Gasteiger partial charge in [0.05, 0.1) is 17.9 Å². The predicted octanol–water partition coefficient (Wildman–Crippen LogP) is 5.25. The number of fused-ring (bicyclic) bond motifs is 1. The number of hydrogen-bond donors (Lipinski definition) is 0. The zero-order valence-corrected chi connectivity index (χ0v) is 17.1.